The molecule has 1 aliphatic heterocycles. The number of hydrogen-bond acceptors (Lipinski definition) is 4. The maximum Gasteiger partial charge on any atom is 0.332 e. The molecule has 0 saturated carbocycles. The summed E-state index contributed by atoms with van der Waals surface area (Å²) in [7, 11) is -3.67. The second-order valence-electron chi connectivity index (χ2n) is 6.84. The molecule has 6 nitrogen and oxygen atoms in total. The van der Waals surface area contributed by atoms with Crippen LogP contribution < -0.4 is 15.4 Å². The van der Waals surface area contributed by atoms with Crippen LogP contribution in [0, 0.1) is 0 Å². The van der Waals surface area contributed by atoms with Crippen molar-refractivity contribution in [1.29, 1.82) is 0 Å². The number of carbonyl (C=O) groups excluding carboxylic acids is 1. The summed E-state index contributed by atoms with van der Waals surface area (Å²) in [5.74, 6) is 0.435. The summed E-state index contributed by atoms with van der Waals surface area (Å²) in [4.78, 5) is 12.3. The van der Waals surface area contributed by atoms with Gasteiger partial charge in [0, 0.05) is 16.5 Å². The Morgan fingerprint density at radius 3 is 2.25 bits per heavy atom. The molecule has 1 saturated heterocycles. The van der Waals surface area contributed by atoms with Crippen LogP contribution in [0.15, 0.2) is 18.2 Å². The molecule has 0 radical (unpaired) electrons. The number of anilines is 1. The van der Waals surface area contributed by atoms with Crippen molar-refractivity contribution in [1.82, 2.24) is 10.0 Å². The molecule has 1 aromatic carbocycles. The predicted molar refractivity (Wildman–Crippen MR) is 103 cm³/mol. The summed E-state index contributed by atoms with van der Waals surface area (Å²) in [6.45, 7) is 9.21. The van der Waals surface area contributed by atoms with Gasteiger partial charge in [0.2, 0.25) is 10.0 Å². The van der Waals surface area contributed by atoms with Crippen LogP contribution in [-0.4, -0.2) is 32.8 Å². The van der Waals surface area contributed by atoms with E-state index in [9.17, 15) is 13.2 Å². The zero-order valence-corrected chi connectivity index (χ0v) is 15.5. The van der Waals surface area contributed by atoms with Gasteiger partial charge in [-0.05, 0) is 35.9 Å². The van der Waals surface area contributed by atoms with E-state index in [1.54, 1.807) is 0 Å². The summed E-state index contributed by atoms with van der Waals surface area (Å²) < 4.78 is 26.7. The van der Waals surface area contributed by atoms with Gasteiger partial charge in [-0.25, -0.2) is 17.9 Å². The van der Waals surface area contributed by atoms with Crippen molar-refractivity contribution < 1.29 is 17.5 Å². The summed E-state index contributed by atoms with van der Waals surface area (Å²) in [6.07, 6.45) is 0.516. The number of urea groups is 1. The van der Waals surface area contributed by atoms with Crippen LogP contribution in [-0.2, 0) is 10.0 Å². The van der Waals surface area contributed by atoms with Crippen LogP contribution in [0.3, 0.4) is 0 Å². The van der Waals surface area contributed by atoms with E-state index in [0.29, 0.717) is 25.2 Å². The van der Waals surface area contributed by atoms with E-state index in [2.05, 4.69) is 15.4 Å². The van der Waals surface area contributed by atoms with Gasteiger partial charge in [0.05, 0.1) is 5.25 Å². The highest BCUT2D eigenvalue weighted by Gasteiger charge is 2.30. The first kappa shape index (κ1) is 18.7. The van der Waals surface area contributed by atoms with Crippen LogP contribution in [0.1, 0.15) is 61.4 Å². The third-order valence-corrected chi connectivity index (χ3v) is 6.05. The third kappa shape index (κ3) is 4.27. The number of nitrogens with one attached hydrogen (secondary N) is 3. The fourth-order valence-corrected chi connectivity index (χ4v) is 4.18. The highest BCUT2D eigenvalue weighted by atomic mass is 32.2. The van der Waals surface area contributed by atoms with Gasteiger partial charge in [-0.15, -0.1) is 0 Å². The minimum absolute atomic E-state index is 0. The van der Waals surface area contributed by atoms with Crippen molar-refractivity contribution in [2.45, 2.75) is 51.2 Å². The maximum atomic E-state index is 12.3. The maximum absolute atomic E-state index is 12.3. The Hall–Kier alpha value is -1.60. The van der Waals surface area contributed by atoms with E-state index in [1.165, 1.54) is 0 Å². The fourth-order valence-electron chi connectivity index (χ4n) is 2.94. The Labute approximate surface area is 148 Å². The number of benzene rings is 1. The van der Waals surface area contributed by atoms with E-state index in [0.717, 1.165) is 11.1 Å². The van der Waals surface area contributed by atoms with Crippen LogP contribution >= 0.6 is 0 Å². The molecule has 1 aromatic rings. The first-order valence-electron chi connectivity index (χ1n) is 8.38. The molecule has 2 amide bonds. The normalized spacial score (nSPS) is 18.2. The van der Waals surface area contributed by atoms with Gasteiger partial charge in [-0.2, -0.15) is 0 Å². The van der Waals surface area contributed by atoms with Crippen LogP contribution in [0.5, 0.6) is 0 Å². The van der Waals surface area contributed by atoms with Gasteiger partial charge in [0.25, 0.3) is 0 Å². The van der Waals surface area contributed by atoms with E-state index >= 15 is 0 Å². The second kappa shape index (κ2) is 7.53. The fraction of sp³-hybridized carbons (Fsp3) is 0.588. The highest BCUT2D eigenvalue weighted by Crippen LogP contribution is 2.32. The molecular weight excluding hydrogens is 326 g/mol. The Bertz CT molecular complexity index is 680. The minimum Gasteiger partial charge on any atom is -0.315 e. The Morgan fingerprint density at radius 2 is 1.79 bits per heavy atom. The average Bonchev–Trinajstić information content (AvgIpc) is 3.01. The lowest BCUT2D eigenvalue weighted by Crippen LogP contribution is -2.41. The molecule has 1 unspecified atom stereocenters. The summed E-state index contributed by atoms with van der Waals surface area (Å²) in [6, 6.07) is 5.19. The van der Waals surface area contributed by atoms with Crippen molar-refractivity contribution in [2.24, 2.45) is 0 Å². The van der Waals surface area contributed by atoms with Crippen LogP contribution in [0.4, 0.5) is 10.5 Å². The summed E-state index contributed by atoms with van der Waals surface area (Å²) >= 11 is 0. The highest BCUT2D eigenvalue weighted by molar-refractivity contribution is 7.90. The van der Waals surface area contributed by atoms with Gasteiger partial charge in [0.1, 0.15) is 0 Å². The topological polar surface area (TPSA) is 87.3 Å². The van der Waals surface area contributed by atoms with Gasteiger partial charge in [0.15, 0.2) is 0 Å². The molecular formula is C17H33N3O3S. The minimum atomic E-state index is -3.67. The first-order chi connectivity index (χ1) is 11.2. The smallest absolute Gasteiger partial charge is 0.315 e. The van der Waals surface area contributed by atoms with Crippen molar-refractivity contribution in [3.8, 4) is 0 Å². The molecule has 0 aromatic heterocycles. The van der Waals surface area contributed by atoms with Crippen molar-refractivity contribution in [2.75, 3.05) is 18.4 Å². The number of rotatable bonds is 5. The van der Waals surface area contributed by atoms with Crippen LogP contribution in [0.2, 0.25) is 0 Å². The molecule has 24 heavy (non-hydrogen) atoms. The number of carbonyl (C=O) groups is 1. The van der Waals surface area contributed by atoms with Gasteiger partial charge in [-0.3, -0.25) is 0 Å². The molecule has 1 fully saturated rings. The molecule has 2 rings (SSSR count). The van der Waals surface area contributed by atoms with Crippen molar-refractivity contribution >= 4 is 21.7 Å². The molecule has 0 spiro atoms. The molecule has 1 atom stereocenters. The number of para-hydroxylation sites is 1. The Morgan fingerprint density at radius 1 is 1.21 bits per heavy atom. The zero-order chi connectivity index (χ0) is 17.9. The molecule has 1 heterocycles. The molecule has 0 aliphatic carbocycles. The Balaban J connectivity index is 0. The van der Waals surface area contributed by atoms with Gasteiger partial charge < -0.3 is 10.6 Å². The molecule has 0 bridgehead atoms. The summed E-state index contributed by atoms with van der Waals surface area (Å²) in [5.41, 5.74) is 2.70. The second-order valence-corrected chi connectivity index (χ2v) is 8.80. The van der Waals surface area contributed by atoms with Gasteiger partial charge in [-0.1, -0.05) is 45.9 Å². The van der Waals surface area contributed by atoms with Crippen molar-refractivity contribution in [3.63, 3.8) is 0 Å². The zero-order valence-electron chi connectivity index (χ0n) is 14.7. The monoisotopic (exact) mass is 359 g/mol. The summed E-state index contributed by atoms with van der Waals surface area (Å²) in [5, 5.41) is 5.21. The Kier molecular flexibility index (Phi) is 5.87. The van der Waals surface area contributed by atoms with Crippen molar-refractivity contribution in [3.05, 3.63) is 29.3 Å². The number of amides is 2. The molecule has 1 aliphatic rings. The average molecular weight is 360 g/mol. The van der Waals surface area contributed by atoms with E-state index in [4.69, 9.17) is 0 Å². The number of hydrogen-bond donors (Lipinski definition) is 3. The van der Waals surface area contributed by atoms with Gasteiger partial charge >= 0.3 is 6.03 Å². The molecule has 7 heteroatoms. The molecule has 3 N–H and O–H groups in total. The van der Waals surface area contributed by atoms with Crippen LogP contribution in [0.25, 0.3) is 0 Å². The lowest BCUT2D eigenvalue weighted by Gasteiger charge is -2.20. The SMILES string of the molecule is CC(C)c1cccc(C(C)C)c1NC(=O)NS(=O)(=O)C1CCNC1.[HH].[HH].[HH]. The first-order valence-corrected chi connectivity index (χ1v) is 9.93. The predicted octanol–water partition coefficient (Wildman–Crippen LogP) is 3.48. The quantitative estimate of drug-likeness (QED) is 0.751. The van der Waals surface area contributed by atoms with E-state index < -0.39 is 21.3 Å². The molecule has 140 valence electrons. The van der Waals surface area contributed by atoms with E-state index in [1.807, 2.05) is 45.9 Å². The standard InChI is InChI=1S/C17H27N3O3S.3H2/c1-11(2)14-6-5-7-15(12(3)4)16(14)19-17(21)20-24(22,23)13-8-9-18-10-13;;;/h5-7,11-13,18H,8-10H2,1-4H3,(H2,19,20,21);3*1H. The lowest BCUT2D eigenvalue weighted by atomic mass is 9.93. The third-order valence-electron chi connectivity index (χ3n) is 4.30. The van der Waals surface area contributed by atoms with E-state index in [-0.39, 0.29) is 16.1 Å². The number of sulfonamides is 1. The lowest BCUT2D eigenvalue weighted by molar-refractivity contribution is 0.256. The largest absolute Gasteiger partial charge is 0.332 e.